The quantitative estimate of drug-likeness (QED) is 0.790. The van der Waals surface area contributed by atoms with E-state index in [1.165, 1.54) is 13.3 Å². The number of esters is 1. The summed E-state index contributed by atoms with van der Waals surface area (Å²) >= 11 is 3.35. The van der Waals surface area contributed by atoms with Crippen LogP contribution in [0.4, 0.5) is 0 Å². The van der Waals surface area contributed by atoms with E-state index >= 15 is 0 Å². The second-order valence-electron chi connectivity index (χ2n) is 5.39. The van der Waals surface area contributed by atoms with Crippen molar-refractivity contribution in [3.63, 3.8) is 0 Å². The Morgan fingerprint density at radius 2 is 2.00 bits per heavy atom. The van der Waals surface area contributed by atoms with E-state index in [9.17, 15) is 4.79 Å². The fourth-order valence-electron chi connectivity index (χ4n) is 2.00. The van der Waals surface area contributed by atoms with Gasteiger partial charge in [0.25, 0.3) is 0 Å². The highest BCUT2D eigenvalue weighted by atomic mass is 79.9. The summed E-state index contributed by atoms with van der Waals surface area (Å²) in [5.41, 5.74) is 0.971. The summed E-state index contributed by atoms with van der Waals surface area (Å²) in [6.07, 6.45) is 3.22. The summed E-state index contributed by atoms with van der Waals surface area (Å²) in [6, 6.07) is 3.72. The number of rotatable bonds is 2. The highest BCUT2D eigenvalue weighted by Gasteiger charge is 2.28. The van der Waals surface area contributed by atoms with E-state index in [1.807, 2.05) is 32.9 Å². The van der Waals surface area contributed by atoms with Gasteiger partial charge in [-0.2, -0.15) is 5.10 Å². The molecule has 5 nitrogen and oxygen atoms in total. The molecule has 2 heterocycles. The molecule has 0 N–H and O–H groups in total. The van der Waals surface area contributed by atoms with Crippen molar-refractivity contribution >= 4 is 21.9 Å². The minimum absolute atomic E-state index is 0.269. The Balaban J connectivity index is 2.62. The van der Waals surface area contributed by atoms with E-state index in [0.29, 0.717) is 11.4 Å². The minimum Gasteiger partial charge on any atom is -0.465 e. The fraction of sp³-hybridized carbons (Fsp3) is 0.357. The second-order valence-corrected chi connectivity index (χ2v) is 6.31. The van der Waals surface area contributed by atoms with Crippen LogP contribution >= 0.6 is 15.9 Å². The molecular weight excluding hydrogens is 322 g/mol. The van der Waals surface area contributed by atoms with Crippen LogP contribution < -0.4 is 0 Å². The first-order chi connectivity index (χ1) is 9.34. The number of aromatic nitrogens is 3. The number of pyridine rings is 1. The molecule has 2 rings (SSSR count). The average Bonchev–Trinajstić information content (AvgIpc) is 2.83. The molecule has 0 fully saturated rings. The third-order valence-corrected chi connectivity index (χ3v) is 3.28. The van der Waals surface area contributed by atoms with Crippen molar-refractivity contribution in [2.45, 2.75) is 26.2 Å². The molecule has 2 aromatic rings. The van der Waals surface area contributed by atoms with E-state index in [4.69, 9.17) is 4.74 Å². The van der Waals surface area contributed by atoms with E-state index in [1.54, 1.807) is 10.9 Å². The second kappa shape index (κ2) is 5.36. The Kier molecular flexibility index (Phi) is 3.94. The molecule has 20 heavy (non-hydrogen) atoms. The zero-order chi connectivity index (χ0) is 14.9. The van der Waals surface area contributed by atoms with Crippen LogP contribution in [0, 0.1) is 0 Å². The molecule has 0 aliphatic carbocycles. The number of hydrogen-bond donors (Lipinski definition) is 0. The number of nitrogens with zero attached hydrogens (tertiary/aromatic N) is 3. The van der Waals surface area contributed by atoms with Gasteiger partial charge in [-0.3, -0.25) is 0 Å². The van der Waals surface area contributed by atoms with E-state index in [0.717, 1.165) is 10.2 Å². The third-order valence-electron chi connectivity index (χ3n) is 2.81. The standard InChI is InChI=1S/C14H16BrN3O2/c1-14(2,3)12-10(13(19)20-4)8-17-18(12)11-6-5-9(15)7-16-11/h5-8H,1-4H3. The predicted octanol–water partition coefficient (Wildman–Crippen LogP) is 3.11. The van der Waals surface area contributed by atoms with E-state index in [2.05, 4.69) is 26.0 Å². The number of carbonyl (C=O) groups is 1. The maximum Gasteiger partial charge on any atom is 0.341 e. The van der Waals surface area contributed by atoms with Crippen molar-refractivity contribution in [3.8, 4) is 5.82 Å². The monoisotopic (exact) mass is 337 g/mol. The average molecular weight is 338 g/mol. The van der Waals surface area contributed by atoms with Crippen LogP contribution in [0.25, 0.3) is 5.82 Å². The molecule has 0 aliphatic heterocycles. The third kappa shape index (κ3) is 2.75. The fourth-order valence-corrected chi connectivity index (χ4v) is 2.23. The molecule has 2 aromatic heterocycles. The van der Waals surface area contributed by atoms with Gasteiger partial charge in [-0.1, -0.05) is 20.8 Å². The highest BCUT2D eigenvalue weighted by Crippen LogP contribution is 2.28. The topological polar surface area (TPSA) is 57.0 Å². The van der Waals surface area contributed by atoms with Crippen molar-refractivity contribution in [1.29, 1.82) is 0 Å². The summed E-state index contributed by atoms with van der Waals surface area (Å²) in [6.45, 7) is 6.06. The molecule has 0 spiro atoms. The maximum absolute atomic E-state index is 11.9. The molecule has 106 valence electrons. The number of hydrogen-bond acceptors (Lipinski definition) is 4. The minimum atomic E-state index is -0.390. The molecule has 0 amide bonds. The Morgan fingerprint density at radius 1 is 1.30 bits per heavy atom. The lowest BCUT2D eigenvalue weighted by Crippen LogP contribution is -2.21. The Labute approximate surface area is 126 Å². The molecule has 0 unspecified atom stereocenters. The summed E-state index contributed by atoms with van der Waals surface area (Å²) in [4.78, 5) is 16.2. The van der Waals surface area contributed by atoms with Gasteiger partial charge in [0.1, 0.15) is 5.56 Å². The smallest absolute Gasteiger partial charge is 0.341 e. The van der Waals surface area contributed by atoms with Gasteiger partial charge in [-0.15, -0.1) is 0 Å². The van der Waals surface area contributed by atoms with Gasteiger partial charge >= 0.3 is 5.97 Å². The van der Waals surface area contributed by atoms with Gasteiger partial charge in [0.15, 0.2) is 5.82 Å². The first-order valence-corrected chi connectivity index (χ1v) is 6.92. The number of methoxy groups -OCH3 is 1. The van der Waals surface area contributed by atoms with Crippen molar-refractivity contribution in [1.82, 2.24) is 14.8 Å². The number of ether oxygens (including phenoxy) is 1. The van der Waals surface area contributed by atoms with Crippen LogP contribution in [0.3, 0.4) is 0 Å². The lowest BCUT2D eigenvalue weighted by atomic mass is 9.89. The highest BCUT2D eigenvalue weighted by molar-refractivity contribution is 9.10. The van der Waals surface area contributed by atoms with Gasteiger partial charge in [0.2, 0.25) is 0 Å². The Bertz CT molecular complexity index is 627. The van der Waals surface area contributed by atoms with Crippen LogP contribution in [0.2, 0.25) is 0 Å². The summed E-state index contributed by atoms with van der Waals surface area (Å²) < 4.78 is 7.39. The molecule has 0 bridgehead atoms. The van der Waals surface area contributed by atoms with Gasteiger partial charge < -0.3 is 4.74 Å². The van der Waals surface area contributed by atoms with E-state index < -0.39 is 5.97 Å². The van der Waals surface area contributed by atoms with Crippen LogP contribution in [0.5, 0.6) is 0 Å². The lowest BCUT2D eigenvalue weighted by molar-refractivity contribution is 0.0598. The van der Waals surface area contributed by atoms with Crippen molar-refractivity contribution in [2.75, 3.05) is 7.11 Å². The molecule has 0 atom stereocenters. The van der Waals surface area contributed by atoms with Crippen LogP contribution in [0.15, 0.2) is 29.0 Å². The molecule has 0 radical (unpaired) electrons. The van der Waals surface area contributed by atoms with Gasteiger partial charge in [-0.25, -0.2) is 14.5 Å². The molecule has 0 aromatic carbocycles. The largest absolute Gasteiger partial charge is 0.465 e. The SMILES string of the molecule is COC(=O)c1cnn(-c2ccc(Br)cn2)c1C(C)(C)C. The molecule has 6 heteroatoms. The maximum atomic E-state index is 11.9. The van der Waals surface area contributed by atoms with Crippen molar-refractivity contribution in [3.05, 3.63) is 40.3 Å². The van der Waals surface area contributed by atoms with Gasteiger partial charge in [-0.05, 0) is 28.1 Å². The Hall–Kier alpha value is -1.69. The molecule has 0 saturated heterocycles. The first-order valence-electron chi connectivity index (χ1n) is 6.13. The molecular formula is C14H16BrN3O2. The van der Waals surface area contributed by atoms with Crippen molar-refractivity contribution in [2.24, 2.45) is 0 Å². The summed E-state index contributed by atoms with van der Waals surface area (Å²) in [5, 5.41) is 4.29. The zero-order valence-corrected chi connectivity index (χ0v) is 13.4. The Morgan fingerprint density at radius 3 is 2.50 bits per heavy atom. The van der Waals surface area contributed by atoms with Crippen LogP contribution in [-0.4, -0.2) is 27.8 Å². The lowest BCUT2D eigenvalue weighted by Gasteiger charge is -2.21. The zero-order valence-electron chi connectivity index (χ0n) is 11.8. The first kappa shape index (κ1) is 14.7. The van der Waals surface area contributed by atoms with Crippen molar-refractivity contribution < 1.29 is 9.53 Å². The number of carbonyl (C=O) groups excluding carboxylic acids is 1. The molecule has 0 aliphatic rings. The normalized spacial score (nSPS) is 11.4. The van der Waals surface area contributed by atoms with Crippen LogP contribution in [-0.2, 0) is 10.2 Å². The van der Waals surface area contributed by atoms with Crippen LogP contribution in [0.1, 0.15) is 36.8 Å². The van der Waals surface area contributed by atoms with Gasteiger partial charge in [0.05, 0.1) is 19.0 Å². The summed E-state index contributed by atoms with van der Waals surface area (Å²) in [7, 11) is 1.37. The number of halogens is 1. The molecule has 0 saturated carbocycles. The van der Waals surface area contributed by atoms with E-state index in [-0.39, 0.29) is 5.41 Å². The predicted molar refractivity (Wildman–Crippen MR) is 79.1 cm³/mol. The van der Waals surface area contributed by atoms with Gasteiger partial charge in [0, 0.05) is 16.1 Å². The summed E-state index contributed by atoms with van der Waals surface area (Å²) in [5.74, 6) is 0.270.